The molecule has 0 aliphatic heterocycles. The van der Waals surface area contributed by atoms with E-state index in [1.165, 1.54) is 10.9 Å². The van der Waals surface area contributed by atoms with Crippen molar-refractivity contribution in [1.29, 1.82) is 0 Å². The molecule has 10 heteroatoms. The third kappa shape index (κ3) is 3.73. The van der Waals surface area contributed by atoms with Crippen molar-refractivity contribution in [3.8, 4) is 11.3 Å². The topological polar surface area (TPSA) is 133 Å². The highest BCUT2D eigenvalue weighted by Crippen LogP contribution is 2.33. The molecule has 3 N–H and O–H groups in total. The lowest BCUT2D eigenvalue weighted by Crippen LogP contribution is -2.20. The number of pyridine rings is 2. The maximum absolute atomic E-state index is 11.7. The third-order valence-corrected chi connectivity index (χ3v) is 6.82. The summed E-state index contributed by atoms with van der Waals surface area (Å²) in [6.45, 7) is 1.95. The second-order valence-electron chi connectivity index (χ2n) is 7.94. The molecule has 34 heavy (non-hydrogen) atoms. The molecular weight excluding hydrogens is 452 g/mol. The van der Waals surface area contributed by atoms with Gasteiger partial charge in [-0.05, 0) is 55.0 Å². The van der Waals surface area contributed by atoms with Crippen molar-refractivity contribution in [3.05, 3.63) is 72.7 Å². The average molecular weight is 473 g/mol. The van der Waals surface area contributed by atoms with Crippen molar-refractivity contribution < 1.29 is 13.2 Å². The minimum atomic E-state index is -3.26. The maximum atomic E-state index is 11.7. The van der Waals surface area contributed by atoms with Gasteiger partial charge in [-0.3, -0.25) is 4.98 Å². The summed E-state index contributed by atoms with van der Waals surface area (Å²) in [7, 11) is -3.26. The number of hydrogen-bond donors (Lipinski definition) is 2. The van der Waals surface area contributed by atoms with E-state index in [9.17, 15) is 13.2 Å². The van der Waals surface area contributed by atoms with Crippen molar-refractivity contribution in [1.82, 2.24) is 19.7 Å². The molecule has 0 radical (unpaired) electrons. The van der Waals surface area contributed by atoms with Crippen molar-refractivity contribution in [2.24, 2.45) is 5.73 Å². The van der Waals surface area contributed by atoms with E-state index in [2.05, 4.69) is 20.4 Å². The molecule has 0 spiro atoms. The quantitative estimate of drug-likeness (QED) is 0.403. The van der Waals surface area contributed by atoms with Gasteiger partial charge in [-0.1, -0.05) is 6.07 Å². The van der Waals surface area contributed by atoms with Crippen molar-refractivity contribution >= 4 is 49.0 Å². The SMILES string of the molecule is Cc1c(-c2nccc3cnc(Nc4ccc(S(C)(=O)=O)cc4)cc23)ccc2c1cnn2C(N)=O. The van der Waals surface area contributed by atoms with Crippen molar-refractivity contribution in [2.75, 3.05) is 11.6 Å². The first kappa shape index (κ1) is 21.5. The largest absolute Gasteiger partial charge is 0.350 e. The van der Waals surface area contributed by atoms with Gasteiger partial charge >= 0.3 is 6.03 Å². The molecular formula is C24H20N6O3S. The van der Waals surface area contributed by atoms with E-state index < -0.39 is 15.9 Å². The lowest BCUT2D eigenvalue weighted by molar-refractivity contribution is 0.248. The van der Waals surface area contributed by atoms with E-state index in [0.29, 0.717) is 17.0 Å². The number of sulfone groups is 1. The second kappa shape index (κ2) is 7.92. The summed E-state index contributed by atoms with van der Waals surface area (Å²) in [5.41, 5.74) is 9.35. The second-order valence-corrected chi connectivity index (χ2v) is 9.95. The van der Waals surface area contributed by atoms with Gasteiger partial charge in [-0.15, -0.1) is 0 Å². The van der Waals surface area contributed by atoms with Crippen molar-refractivity contribution in [3.63, 3.8) is 0 Å². The van der Waals surface area contributed by atoms with Gasteiger partial charge < -0.3 is 11.1 Å². The summed E-state index contributed by atoms with van der Waals surface area (Å²) in [6, 6.07) is 13.3. The summed E-state index contributed by atoms with van der Waals surface area (Å²) in [5.74, 6) is 0.592. The van der Waals surface area contributed by atoms with E-state index in [4.69, 9.17) is 5.73 Å². The molecule has 0 atom stereocenters. The Kier molecular flexibility index (Phi) is 5.02. The Morgan fingerprint density at radius 2 is 1.76 bits per heavy atom. The molecule has 1 amide bonds. The number of benzene rings is 2. The Bertz CT molecular complexity index is 1690. The molecule has 5 rings (SSSR count). The normalized spacial score (nSPS) is 11.7. The fourth-order valence-electron chi connectivity index (χ4n) is 3.95. The van der Waals surface area contributed by atoms with Crippen LogP contribution in [0.5, 0.6) is 0 Å². The van der Waals surface area contributed by atoms with Crippen LogP contribution >= 0.6 is 0 Å². The highest BCUT2D eigenvalue weighted by atomic mass is 32.2. The van der Waals surface area contributed by atoms with Gasteiger partial charge in [0.05, 0.1) is 22.3 Å². The number of hydrogen-bond acceptors (Lipinski definition) is 7. The van der Waals surface area contributed by atoms with Gasteiger partial charge in [0.25, 0.3) is 0 Å². The minimum Gasteiger partial charge on any atom is -0.350 e. The molecule has 0 aliphatic rings. The molecule has 5 aromatic rings. The number of amides is 1. The molecule has 0 saturated carbocycles. The maximum Gasteiger partial charge on any atom is 0.340 e. The fourth-order valence-corrected chi connectivity index (χ4v) is 4.58. The summed E-state index contributed by atoms with van der Waals surface area (Å²) < 4.78 is 24.6. The number of fused-ring (bicyclic) bond motifs is 2. The highest BCUT2D eigenvalue weighted by molar-refractivity contribution is 7.90. The van der Waals surface area contributed by atoms with Gasteiger partial charge in [0.1, 0.15) is 5.82 Å². The zero-order valence-corrected chi connectivity index (χ0v) is 19.2. The Morgan fingerprint density at radius 1 is 1.00 bits per heavy atom. The predicted molar refractivity (Wildman–Crippen MR) is 131 cm³/mol. The zero-order chi connectivity index (χ0) is 24.0. The van der Waals surface area contributed by atoms with Crippen LogP contribution in [0.2, 0.25) is 0 Å². The lowest BCUT2D eigenvalue weighted by atomic mass is 9.98. The predicted octanol–water partition coefficient (Wildman–Crippen LogP) is 4.03. The van der Waals surface area contributed by atoms with Gasteiger partial charge in [-0.25, -0.2) is 18.2 Å². The first-order valence-electron chi connectivity index (χ1n) is 10.3. The summed E-state index contributed by atoms with van der Waals surface area (Å²) in [4.78, 5) is 21.0. The van der Waals surface area contributed by atoms with E-state index in [1.54, 1.807) is 48.9 Å². The number of nitrogens with one attached hydrogen (secondary N) is 1. The van der Waals surface area contributed by atoms with E-state index >= 15 is 0 Å². The van der Waals surface area contributed by atoms with Gasteiger partial charge in [0, 0.05) is 46.1 Å². The molecule has 0 unspecified atom stereocenters. The van der Waals surface area contributed by atoms with Crippen LogP contribution in [0, 0.1) is 6.92 Å². The van der Waals surface area contributed by atoms with Crippen molar-refractivity contribution in [2.45, 2.75) is 11.8 Å². The van der Waals surface area contributed by atoms with Crippen LogP contribution in [0.1, 0.15) is 5.56 Å². The first-order chi connectivity index (χ1) is 16.2. The van der Waals surface area contributed by atoms with Crippen LogP contribution < -0.4 is 11.1 Å². The molecule has 0 fully saturated rings. The van der Waals surface area contributed by atoms with Gasteiger partial charge in [0.2, 0.25) is 0 Å². The van der Waals surface area contributed by atoms with Gasteiger partial charge in [-0.2, -0.15) is 9.78 Å². The smallest absolute Gasteiger partial charge is 0.340 e. The monoisotopic (exact) mass is 472 g/mol. The van der Waals surface area contributed by atoms with Crippen LogP contribution in [-0.4, -0.2) is 40.5 Å². The van der Waals surface area contributed by atoms with E-state index in [0.717, 1.165) is 33.0 Å². The average Bonchev–Trinajstić information content (AvgIpc) is 3.24. The number of rotatable bonds is 4. The molecule has 0 aliphatic carbocycles. The fraction of sp³-hybridized carbons (Fsp3) is 0.0833. The number of carbonyl (C=O) groups is 1. The van der Waals surface area contributed by atoms with Crippen LogP contribution in [0.4, 0.5) is 16.3 Å². The number of aromatic nitrogens is 4. The Hall–Kier alpha value is -4.31. The number of anilines is 2. The summed E-state index contributed by atoms with van der Waals surface area (Å²) in [6.07, 6.45) is 6.28. The standard InChI is InChI=1S/C24H20N6O3S/c1-14-18(7-8-21-20(14)13-28-30(21)24(25)31)23-19-11-22(27-12-15(19)9-10-26-23)29-16-3-5-17(6-4-16)34(2,32)33/h3-13H,1-2H3,(H2,25,31)(H,27,29). The van der Waals surface area contributed by atoms with E-state index in [1.807, 2.05) is 25.1 Å². The number of nitrogens with two attached hydrogens (primary N) is 1. The molecule has 170 valence electrons. The van der Waals surface area contributed by atoms with Crippen LogP contribution in [0.25, 0.3) is 32.9 Å². The molecule has 3 aromatic heterocycles. The first-order valence-corrected chi connectivity index (χ1v) is 12.2. The highest BCUT2D eigenvalue weighted by Gasteiger charge is 2.15. The molecule has 2 aromatic carbocycles. The van der Waals surface area contributed by atoms with Crippen LogP contribution in [0.3, 0.4) is 0 Å². The number of nitrogens with zero attached hydrogens (tertiary/aromatic N) is 4. The molecule has 0 saturated heterocycles. The molecule has 9 nitrogen and oxygen atoms in total. The third-order valence-electron chi connectivity index (χ3n) is 5.69. The van der Waals surface area contributed by atoms with Crippen LogP contribution in [0.15, 0.2) is 72.0 Å². The Morgan fingerprint density at radius 3 is 2.47 bits per heavy atom. The number of carbonyl (C=O) groups excluding carboxylic acids is 1. The zero-order valence-electron chi connectivity index (χ0n) is 18.4. The summed E-state index contributed by atoms with van der Waals surface area (Å²) >= 11 is 0. The number of aryl methyl sites for hydroxylation is 1. The van der Waals surface area contributed by atoms with Gasteiger partial charge in [0.15, 0.2) is 9.84 Å². The minimum absolute atomic E-state index is 0.251. The summed E-state index contributed by atoms with van der Waals surface area (Å²) in [5, 5.41) is 9.93. The lowest BCUT2D eigenvalue weighted by Gasteiger charge is -2.12. The molecule has 3 heterocycles. The van der Waals surface area contributed by atoms with E-state index in [-0.39, 0.29) is 4.90 Å². The molecule has 0 bridgehead atoms. The Balaban J connectivity index is 1.57. The van der Waals surface area contributed by atoms with Crippen LogP contribution in [-0.2, 0) is 9.84 Å². The number of primary amides is 1. The Labute approximate surface area is 195 Å².